The summed E-state index contributed by atoms with van der Waals surface area (Å²) in [5.41, 5.74) is 4.40. The fourth-order valence-electron chi connectivity index (χ4n) is 4.65. The molecule has 0 radical (unpaired) electrons. The van der Waals surface area contributed by atoms with Gasteiger partial charge in [-0.1, -0.05) is 72.9 Å². The molecule has 0 saturated carbocycles. The molecule has 1 aliphatic heterocycles. The van der Waals surface area contributed by atoms with Crippen LogP contribution in [0.1, 0.15) is 41.6 Å². The van der Waals surface area contributed by atoms with Gasteiger partial charge in [0.2, 0.25) is 0 Å². The number of aryl methyl sites for hydroxylation is 2. The van der Waals surface area contributed by atoms with Crippen molar-refractivity contribution in [2.45, 2.75) is 33.2 Å². The number of thiazole rings is 1. The average molecular weight is 525 g/mol. The number of rotatable bonds is 8. The summed E-state index contributed by atoms with van der Waals surface area (Å²) in [6.45, 7) is 6.56. The molecular weight excluding hydrogens is 496 g/mol. The highest BCUT2D eigenvalue weighted by molar-refractivity contribution is 7.22. The number of nitrogens with zero attached hydrogens (tertiary/aromatic N) is 2. The van der Waals surface area contributed by atoms with Crippen LogP contribution >= 0.6 is 11.3 Å². The van der Waals surface area contributed by atoms with Crippen LogP contribution in [0.25, 0.3) is 16.3 Å². The van der Waals surface area contributed by atoms with E-state index in [-0.39, 0.29) is 5.57 Å². The zero-order valence-electron chi connectivity index (χ0n) is 21.5. The van der Waals surface area contributed by atoms with Crippen LogP contribution in [0.4, 0.5) is 5.13 Å². The Labute approximate surface area is 225 Å². The van der Waals surface area contributed by atoms with Gasteiger partial charge in [0.25, 0.3) is 5.91 Å². The second kappa shape index (κ2) is 10.6. The van der Waals surface area contributed by atoms with E-state index < -0.39 is 23.5 Å². The summed E-state index contributed by atoms with van der Waals surface area (Å²) in [6, 6.07) is 19.9. The molecule has 6 nitrogen and oxygen atoms in total. The van der Waals surface area contributed by atoms with E-state index >= 15 is 0 Å². The monoisotopic (exact) mass is 524 g/mol. The quantitative estimate of drug-likeness (QED) is 0.254. The molecule has 0 aliphatic carbocycles. The Morgan fingerprint density at radius 1 is 1.11 bits per heavy atom. The number of anilines is 1. The Bertz CT molecular complexity index is 1590. The maximum absolute atomic E-state index is 13.5. The van der Waals surface area contributed by atoms with E-state index in [0.29, 0.717) is 23.1 Å². The lowest BCUT2D eigenvalue weighted by Gasteiger charge is -2.24. The van der Waals surface area contributed by atoms with Crippen molar-refractivity contribution in [3.63, 3.8) is 0 Å². The minimum atomic E-state index is -0.859. The number of allylic oxidation sites excluding steroid dienone is 1. The Morgan fingerprint density at radius 2 is 1.89 bits per heavy atom. The van der Waals surface area contributed by atoms with Crippen molar-refractivity contribution in [3.8, 4) is 5.75 Å². The van der Waals surface area contributed by atoms with Crippen LogP contribution in [0.3, 0.4) is 0 Å². The molecule has 38 heavy (non-hydrogen) atoms. The molecule has 4 aromatic rings. The first-order valence-corrected chi connectivity index (χ1v) is 13.3. The van der Waals surface area contributed by atoms with E-state index in [4.69, 9.17) is 9.72 Å². The lowest BCUT2D eigenvalue weighted by molar-refractivity contribution is -0.117. The van der Waals surface area contributed by atoms with Gasteiger partial charge in [-0.2, -0.15) is 0 Å². The predicted molar refractivity (Wildman–Crippen MR) is 152 cm³/mol. The average Bonchev–Trinajstić information content (AvgIpc) is 3.45. The van der Waals surface area contributed by atoms with Crippen LogP contribution < -0.4 is 9.64 Å². The largest absolute Gasteiger partial charge is 0.503 e. The van der Waals surface area contributed by atoms with E-state index in [2.05, 4.69) is 0 Å². The molecule has 0 saturated heterocycles. The highest BCUT2D eigenvalue weighted by Crippen LogP contribution is 2.44. The van der Waals surface area contributed by atoms with Crippen LogP contribution in [-0.4, -0.2) is 28.4 Å². The zero-order valence-corrected chi connectivity index (χ0v) is 22.3. The minimum absolute atomic E-state index is 0.0157. The van der Waals surface area contributed by atoms with Crippen molar-refractivity contribution >= 4 is 44.5 Å². The van der Waals surface area contributed by atoms with E-state index in [0.717, 1.165) is 33.3 Å². The molecule has 1 atom stereocenters. The number of hydrogen-bond donors (Lipinski definition) is 1. The van der Waals surface area contributed by atoms with Crippen molar-refractivity contribution in [1.82, 2.24) is 4.98 Å². The van der Waals surface area contributed by atoms with Gasteiger partial charge >= 0.3 is 0 Å². The summed E-state index contributed by atoms with van der Waals surface area (Å²) in [5, 5.41) is 11.5. The van der Waals surface area contributed by atoms with Crippen molar-refractivity contribution in [2.24, 2.45) is 0 Å². The second-order valence-electron chi connectivity index (χ2n) is 9.29. The van der Waals surface area contributed by atoms with Crippen molar-refractivity contribution < 1.29 is 19.4 Å². The highest BCUT2D eigenvalue weighted by atomic mass is 32.1. The topological polar surface area (TPSA) is 79.7 Å². The van der Waals surface area contributed by atoms with Crippen LogP contribution in [0.15, 0.2) is 84.1 Å². The maximum Gasteiger partial charge on any atom is 0.296 e. The fourth-order valence-corrected chi connectivity index (χ4v) is 5.82. The summed E-state index contributed by atoms with van der Waals surface area (Å²) < 4.78 is 6.77. The Balaban J connectivity index is 1.62. The normalized spacial score (nSPS) is 15.7. The van der Waals surface area contributed by atoms with Crippen LogP contribution in [0.5, 0.6) is 5.75 Å². The molecule has 1 aliphatic rings. The van der Waals surface area contributed by atoms with Gasteiger partial charge in [0.1, 0.15) is 5.75 Å². The second-order valence-corrected chi connectivity index (χ2v) is 10.3. The van der Waals surface area contributed by atoms with E-state index in [1.54, 1.807) is 6.08 Å². The Kier molecular flexibility index (Phi) is 7.11. The molecule has 192 valence electrons. The molecule has 3 aromatic carbocycles. The molecule has 0 bridgehead atoms. The zero-order chi connectivity index (χ0) is 26.8. The fraction of sp³-hybridized carbons (Fsp3) is 0.194. The minimum Gasteiger partial charge on any atom is -0.503 e. The first-order valence-electron chi connectivity index (χ1n) is 12.5. The number of benzene rings is 3. The number of hydrogen-bond acceptors (Lipinski definition) is 6. The van der Waals surface area contributed by atoms with Gasteiger partial charge in [0, 0.05) is 0 Å². The van der Waals surface area contributed by atoms with Gasteiger partial charge in [-0.05, 0) is 66.8 Å². The summed E-state index contributed by atoms with van der Waals surface area (Å²) in [4.78, 5) is 33.3. The lowest BCUT2D eigenvalue weighted by Crippen LogP contribution is -2.30. The first-order chi connectivity index (χ1) is 18.4. The third-order valence-corrected chi connectivity index (χ3v) is 7.37. The van der Waals surface area contributed by atoms with Gasteiger partial charge in [-0.15, -0.1) is 0 Å². The SMILES string of the molecule is CCCOc1cccc(C2C(C(=O)/C=C/c3ccccc3)=C(O)C(=O)N2c2nc3c(C)cc(C)cc3s2)c1. The number of ketones is 1. The molecule has 1 N–H and O–H groups in total. The van der Waals surface area contributed by atoms with Crippen molar-refractivity contribution in [2.75, 3.05) is 11.5 Å². The summed E-state index contributed by atoms with van der Waals surface area (Å²) in [5.74, 6) is -1.03. The number of carbonyl (C=O) groups excluding carboxylic acids is 2. The molecule has 7 heteroatoms. The molecule has 2 heterocycles. The van der Waals surface area contributed by atoms with Crippen LogP contribution in [-0.2, 0) is 9.59 Å². The molecular formula is C31H28N2O4S. The third kappa shape index (κ3) is 4.85. The van der Waals surface area contributed by atoms with E-state index in [9.17, 15) is 14.7 Å². The standard InChI is InChI=1S/C31H28N2O4S/c1-4-15-37-23-12-8-11-22(18-23)28-26(24(34)14-13-21-9-6-5-7-10-21)29(35)30(36)33(28)31-32-27-20(3)16-19(2)17-25(27)38-31/h5-14,16-18,28,35H,4,15H2,1-3H3/b14-13+. The third-order valence-electron chi connectivity index (χ3n) is 6.37. The van der Waals surface area contributed by atoms with E-state index in [1.807, 2.05) is 87.5 Å². The first kappa shape index (κ1) is 25.4. The molecule has 0 spiro atoms. The smallest absolute Gasteiger partial charge is 0.296 e. The number of ether oxygens (including phenoxy) is 1. The molecule has 1 unspecified atom stereocenters. The van der Waals surface area contributed by atoms with Crippen molar-refractivity contribution in [1.29, 1.82) is 0 Å². The number of aliphatic hydroxyl groups excluding tert-OH is 1. The van der Waals surface area contributed by atoms with Gasteiger partial charge in [0.05, 0.1) is 28.4 Å². The number of aromatic nitrogens is 1. The summed E-state index contributed by atoms with van der Waals surface area (Å²) >= 11 is 1.36. The Morgan fingerprint density at radius 3 is 2.66 bits per heavy atom. The van der Waals surface area contributed by atoms with Gasteiger partial charge in [-0.25, -0.2) is 4.98 Å². The molecule has 1 aromatic heterocycles. The van der Waals surface area contributed by atoms with Crippen molar-refractivity contribution in [3.05, 3.63) is 106 Å². The summed E-state index contributed by atoms with van der Waals surface area (Å²) in [6.07, 6.45) is 3.92. The maximum atomic E-state index is 13.5. The molecule has 1 amide bonds. The van der Waals surface area contributed by atoms with Gasteiger partial charge < -0.3 is 9.84 Å². The number of amides is 1. The van der Waals surface area contributed by atoms with Gasteiger partial charge in [0.15, 0.2) is 16.7 Å². The number of fused-ring (bicyclic) bond motifs is 1. The predicted octanol–water partition coefficient (Wildman–Crippen LogP) is 6.88. The number of carbonyl (C=O) groups is 2. The molecule has 0 fully saturated rings. The number of aliphatic hydroxyl groups is 1. The highest BCUT2D eigenvalue weighted by Gasteiger charge is 2.45. The van der Waals surface area contributed by atoms with E-state index in [1.165, 1.54) is 22.3 Å². The molecule has 5 rings (SSSR count). The lowest BCUT2D eigenvalue weighted by atomic mass is 9.95. The van der Waals surface area contributed by atoms with Crippen LogP contribution in [0, 0.1) is 13.8 Å². The Hall–Kier alpha value is -4.23. The summed E-state index contributed by atoms with van der Waals surface area (Å²) in [7, 11) is 0. The van der Waals surface area contributed by atoms with Crippen LogP contribution in [0.2, 0.25) is 0 Å². The van der Waals surface area contributed by atoms with Gasteiger partial charge in [-0.3, -0.25) is 14.5 Å².